The van der Waals surface area contributed by atoms with Gasteiger partial charge in [-0.2, -0.15) is 0 Å². The van der Waals surface area contributed by atoms with Crippen molar-refractivity contribution in [1.29, 1.82) is 0 Å². The minimum atomic E-state index is 0.166. The number of anilines is 2. The Morgan fingerprint density at radius 2 is 1.80 bits per heavy atom. The molecule has 1 saturated carbocycles. The quantitative estimate of drug-likeness (QED) is 0.799. The molecule has 2 N–H and O–H groups in total. The molecule has 0 spiro atoms. The summed E-state index contributed by atoms with van der Waals surface area (Å²) in [6, 6.07) is 8.04. The van der Waals surface area contributed by atoms with Crippen LogP contribution in [0.5, 0.6) is 0 Å². The van der Waals surface area contributed by atoms with Crippen LogP contribution in [0.4, 0.5) is 11.4 Å². The highest BCUT2D eigenvalue weighted by atomic mass is 16.2. The molecule has 20 heavy (non-hydrogen) atoms. The van der Waals surface area contributed by atoms with E-state index in [-0.39, 0.29) is 11.8 Å². The van der Waals surface area contributed by atoms with E-state index in [0.29, 0.717) is 0 Å². The van der Waals surface area contributed by atoms with Gasteiger partial charge >= 0.3 is 0 Å². The number of rotatable bonds is 5. The average Bonchev–Trinajstić information content (AvgIpc) is 3.32. The predicted molar refractivity (Wildman–Crippen MR) is 82.8 cm³/mol. The first-order chi connectivity index (χ1) is 9.81. The number of hydrogen-bond donors (Lipinski definition) is 2. The van der Waals surface area contributed by atoms with E-state index in [0.717, 1.165) is 36.7 Å². The Morgan fingerprint density at radius 1 is 1.05 bits per heavy atom. The fraction of sp³-hybridized carbons (Fsp3) is 0.471. The third-order valence-electron chi connectivity index (χ3n) is 4.07. The summed E-state index contributed by atoms with van der Waals surface area (Å²) in [5.74, 6) is 1.17. The van der Waals surface area contributed by atoms with E-state index in [1.807, 2.05) is 24.3 Å². The number of hydrogen-bond acceptors (Lipinski definition) is 2. The van der Waals surface area contributed by atoms with Gasteiger partial charge in [0.05, 0.1) is 0 Å². The van der Waals surface area contributed by atoms with Crippen LogP contribution in [0.3, 0.4) is 0 Å². The molecule has 1 amide bonds. The highest BCUT2D eigenvalue weighted by molar-refractivity contribution is 5.94. The van der Waals surface area contributed by atoms with Crippen molar-refractivity contribution in [2.45, 2.75) is 32.1 Å². The minimum Gasteiger partial charge on any atom is -0.385 e. The predicted octanol–water partition coefficient (Wildman–Crippen LogP) is 3.80. The lowest BCUT2D eigenvalue weighted by Gasteiger charge is -2.19. The maximum absolute atomic E-state index is 11.7. The Morgan fingerprint density at radius 3 is 2.45 bits per heavy atom. The minimum absolute atomic E-state index is 0.166. The molecule has 3 heteroatoms. The number of allylic oxidation sites excluding steroid dienone is 2. The van der Waals surface area contributed by atoms with Crippen LogP contribution < -0.4 is 10.6 Å². The van der Waals surface area contributed by atoms with E-state index in [9.17, 15) is 4.79 Å². The molecule has 3 nitrogen and oxygen atoms in total. The molecular weight excluding hydrogens is 248 g/mol. The van der Waals surface area contributed by atoms with Crippen LogP contribution in [0.15, 0.2) is 36.4 Å². The number of amides is 1. The van der Waals surface area contributed by atoms with Gasteiger partial charge in [-0.05, 0) is 62.3 Å². The summed E-state index contributed by atoms with van der Waals surface area (Å²) in [6.45, 7) is 1.03. The van der Waals surface area contributed by atoms with Gasteiger partial charge in [-0.3, -0.25) is 4.79 Å². The third kappa shape index (κ3) is 3.62. The number of carbonyl (C=O) groups is 1. The van der Waals surface area contributed by atoms with E-state index in [1.165, 1.54) is 19.3 Å². The molecule has 0 radical (unpaired) electrons. The highest BCUT2D eigenvalue weighted by Gasteiger charge is 2.29. The first-order valence-electron chi connectivity index (χ1n) is 7.61. The Hall–Kier alpha value is -1.77. The van der Waals surface area contributed by atoms with Crippen molar-refractivity contribution < 1.29 is 4.79 Å². The average molecular weight is 270 g/mol. The summed E-state index contributed by atoms with van der Waals surface area (Å²) >= 11 is 0. The Balaban J connectivity index is 1.47. The first kappa shape index (κ1) is 13.2. The fourth-order valence-corrected chi connectivity index (χ4v) is 2.57. The molecule has 2 aliphatic carbocycles. The van der Waals surface area contributed by atoms with Crippen LogP contribution in [-0.2, 0) is 4.79 Å². The molecule has 0 aromatic heterocycles. The van der Waals surface area contributed by atoms with E-state index < -0.39 is 0 Å². The van der Waals surface area contributed by atoms with Crippen LogP contribution in [0.25, 0.3) is 0 Å². The zero-order valence-corrected chi connectivity index (χ0v) is 11.8. The van der Waals surface area contributed by atoms with Crippen LogP contribution in [-0.4, -0.2) is 12.5 Å². The van der Waals surface area contributed by atoms with Gasteiger partial charge in [0, 0.05) is 23.8 Å². The van der Waals surface area contributed by atoms with Crippen molar-refractivity contribution in [3.05, 3.63) is 36.4 Å². The maximum Gasteiger partial charge on any atom is 0.227 e. The molecule has 3 rings (SSSR count). The van der Waals surface area contributed by atoms with Gasteiger partial charge in [-0.25, -0.2) is 0 Å². The largest absolute Gasteiger partial charge is 0.385 e. The molecule has 0 aliphatic heterocycles. The van der Waals surface area contributed by atoms with E-state index in [2.05, 4.69) is 22.8 Å². The lowest BCUT2D eigenvalue weighted by Crippen LogP contribution is -2.15. The molecule has 1 fully saturated rings. The normalized spacial score (nSPS) is 21.5. The van der Waals surface area contributed by atoms with Crippen LogP contribution >= 0.6 is 0 Å². The second-order valence-corrected chi connectivity index (χ2v) is 5.87. The zero-order chi connectivity index (χ0) is 13.8. The van der Waals surface area contributed by atoms with Crippen molar-refractivity contribution in [2.75, 3.05) is 17.2 Å². The summed E-state index contributed by atoms with van der Waals surface area (Å²) < 4.78 is 0. The third-order valence-corrected chi connectivity index (χ3v) is 4.07. The van der Waals surface area contributed by atoms with Crippen LogP contribution in [0, 0.1) is 11.8 Å². The number of nitrogens with one attached hydrogen (secondary N) is 2. The molecule has 1 atom stereocenters. The molecule has 1 aromatic carbocycles. The Kier molecular flexibility index (Phi) is 4.05. The van der Waals surface area contributed by atoms with E-state index in [4.69, 9.17) is 0 Å². The SMILES string of the molecule is O=C(Nc1ccc(NCC2CC=CCC2)cc1)C1CC1. The van der Waals surface area contributed by atoms with E-state index in [1.54, 1.807) is 0 Å². The van der Waals surface area contributed by atoms with E-state index >= 15 is 0 Å². The summed E-state index contributed by atoms with van der Waals surface area (Å²) in [7, 11) is 0. The van der Waals surface area contributed by atoms with Gasteiger partial charge in [0.1, 0.15) is 0 Å². The monoisotopic (exact) mass is 270 g/mol. The summed E-state index contributed by atoms with van der Waals surface area (Å²) in [5.41, 5.74) is 2.03. The fourth-order valence-electron chi connectivity index (χ4n) is 2.57. The molecular formula is C17H22N2O. The Labute approximate surface area is 120 Å². The molecule has 0 saturated heterocycles. The summed E-state index contributed by atoms with van der Waals surface area (Å²) in [6.07, 6.45) is 10.3. The molecule has 106 valence electrons. The first-order valence-corrected chi connectivity index (χ1v) is 7.61. The lowest BCUT2D eigenvalue weighted by atomic mass is 9.94. The topological polar surface area (TPSA) is 41.1 Å². The van der Waals surface area contributed by atoms with Crippen LogP contribution in [0.2, 0.25) is 0 Å². The molecule has 0 bridgehead atoms. The molecule has 1 aromatic rings. The maximum atomic E-state index is 11.7. The summed E-state index contributed by atoms with van der Waals surface area (Å²) in [5, 5.41) is 6.44. The number of carbonyl (C=O) groups excluding carboxylic acids is 1. The van der Waals surface area contributed by atoms with Gasteiger partial charge in [0.2, 0.25) is 5.91 Å². The van der Waals surface area contributed by atoms with Gasteiger partial charge in [0.15, 0.2) is 0 Å². The van der Waals surface area contributed by atoms with Gasteiger partial charge in [0.25, 0.3) is 0 Å². The number of benzene rings is 1. The van der Waals surface area contributed by atoms with Crippen molar-refractivity contribution in [1.82, 2.24) is 0 Å². The highest BCUT2D eigenvalue weighted by Crippen LogP contribution is 2.30. The summed E-state index contributed by atoms with van der Waals surface area (Å²) in [4.78, 5) is 11.7. The second kappa shape index (κ2) is 6.12. The van der Waals surface area contributed by atoms with Gasteiger partial charge < -0.3 is 10.6 Å². The van der Waals surface area contributed by atoms with Crippen molar-refractivity contribution >= 4 is 17.3 Å². The Bertz CT molecular complexity index is 488. The smallest absolute Gasteiger partial charge is 0.227 e. The zero-order valence-electron chi connectivity index (χ0n) is 11.8. The molecule has 1 unspecified atom stereocenters. The molecule has 2 aliphatic rings. The van der Waals surface area contributed by atoms with Crippen molar-refractivity contribution in [2.24, 2.45) is 11.8 Å². The van der Waals surface area contributed by atoms with Crippen molar-refractivity contribution in [3.8, 4) is 0 Å². The second-order valence-electron chi connectivity index (χ2n) is 5.87. The van der Waals surface area contributed by atoms with Crippen LogP contribution in [0.1, 0.15) is 32.1 Å². The standard InChI is InChI=1S/C17H22N2O/c20-17(14-6-7-14)19-16-10-8-15(9-11-16)18-12-13-4-2-1-3-5-13/h1-2,8-11,13-14,18H,3-7,12H2,(H,19,20). The van der Waals surface area contributed by atoms with Gasteiger partial charge in [-0.1, -0.05) is 12.2 Å². The van der Waals surface area contributed by atoms with Gasteiger partial charge in [-0.15, -0.1) is 0 Å². The van der Waals surface area contributed by atoms with Crippen molar-refractivity contribution in [3.63, 3.8) is 0 Å². The molecule has 0 heterocycles. The lowest BCUT2D eigenvalue weighted by molar-refractivity contribution is -0.117.